The molecule has 142 valence electrons. The minimum absolute atomic E-state index is 0.179. The highest BCUT2D eigenvalue weighted by Gasteiger charge is 2.15. The van der Waals surface area contributed by atoms with E-state index in [1.54, 1.807) is 18.2 Å². The van der Waals surface area contributed by atoms with E-state index in [4.69, 9.17) is 0 Å². The number of pyridine rings is 1. The molecule has 28 heavy (non-hydrogen) atoms. The molecular formula is C22H22N4O2. The third kappa shape index (κ3) is 4.11. The zero-order chi connectivity index (χ0) is 20.1. The van der Waals surface area contributed by atoms with Crippen LogP contribution in [0.3, 0.4) is 0 Å². The molecule has 6 heteroatoms. The first kappa shape index (κ1) is 19.3. The molecule has 1 heterocycles. The van der Waals surface area contributed by atoms with E-state index in [9.17, 15) is 15.2 Å². The average Bonchev–Trinajstić information content (AvgIpc) is 2.71. The van der Waals surface area contributed by atoms with Crippen molar-refractivity contribution in [1.29, 1.82) is 5.26 Å². The summed E-state index contributed by atoms with van der Waals surface area (Å²) < 4.78 is 0. The fourth-order valence-corrected chi connectivity index (χ4v) is 3.07. The zero-order valence-corrected chi connectivity index (χ0v) is 15.9. The molecule has 1 aromatic heterocycles. The molecule has 0 aliphatic carbocycles. The fourth-order valence-electron chi connectivity index (χ4n) is 3.07. The highest BCUT2D eigenvalue weighted by atomic mass is 16.3. The van der Waals surface area contributed by atoms with Gasteiger partial charge in [0.15, 0.2) is 0 Å². The van der Waals surface area contributed by atoms with Gasteiger partial charge in [-0.25, -0.2) is 4.79 Å². The number of aliphatic hydroxyl groups excluding tert-OH is 1. The number of hydrogen-bond donors (Lipinski definition) is 3. The lowest BCUT2D eigenvalue weighted by molar-refractivity contribution is 0.168. The van der Waals surface area contributed by atoms with Crippen LogP contribution < -0.4 is 10.6 Å². The van der Waals surface area contributed by atoms with Gasteiger partial charge in [0.05, 0.1) is 17.2 Å². The second-order valence-electron chi connectivity index (χ2n) is 6.55. The van der Waals surface area contributed by atoms with Crippen molar-refractivity contribution in [2.75, 3.05) is 11.9 Å². The Morgan fingerprint density at radius 2 is 2.00 bits per heavy atom. The Balaban J connectivity index is 1.98. The predicted octanol–water partition coefficient (Wildman–Crippen LogP) is 3.97. The summed E-state index contributed by atoms with van der Waals surface area (Å²) >= 11 is 0. The summed E-state index contributed by atoms with van der Waals surface area (Å²) in [5.74, 6) is 0. The number of carbonyl (C=O) groups is 1. The highest BCUT2D eigenvalue weighted by Crippen LogP contribution is 2.32. The topological polar surface area (TPSA) is 98.0 Å². The first-order chi connectivity index (χ1) is 13.5. The van der Waals surface area contributed by atoms with Gasteiger partial charge in [-0.05, 0) is 37.1 Å². The SMILES string of the molecule is CCC(O)CNC(=O)Nc1ccc2nc(C)c(-c3ccccc3)c(C#N)c2c1. The number of fused-ring (bicyclic) bond motifs is 1. The van der Waals surface area contributed by atoms with Crippen LogP contribution in [0.25, 0.3) is 22.0 Å². The van der Waals surface area contributed by atoms with Crippen molar-refractivity contribution in [2.24, 2.45) is 0 Å². The Morgan fingerprint density at radius 3 is 2.68 bits per heavy atom. The first-order valence-electron chi connectivity index (χ1n) is 9.16. The smallest absolute Gasteiger partial charge is 0.319 e. The number of aryl methyl sites for hydroxylation is 1. The van der Waals surface area contributed by atoms with E-state index >= 15 is 0 Å². The van der Waals surface area contributed by atoms with E-state index in [0.717, 1.165) is 16.8 Å². The predicted molar refractivity (Wildman–Crippen MR) is 110 cm³/mol. The Labute approximate surface area is 163 Å². The van der Waals surface area contributed by atoms with Gasteiger partial charge >= 0.3 is 6.03 Å². The lowest BCUT2D eigenvalue weighted by Gasteiger charge is -2.13. The summed E-state index contributed by atoms with van der Waals surface area (Å²) in [4.78, 5) is 16.7. The second kappa shape index (κ2) is 8.51. The van der Waals surface area contributed by atoms with Crippen LogP contribution in [-0.4, -0.2) is 28.8 Å². The number of amides is 2. The van der Waals surface area contributed by atoms with Crippen molar-refractivity contribution in [1.82, 2.24) is 10.3 Å². The zero-order valence-electron chi connectivity index (χ0n) is 15.9. The van der Waals surface area contributed by atoms with Crippen LogP contribution in [0.1, 0.15) is 24.6 Å². The maximum Gasteiger partial charge on any atom is 0.319 e. The van der Waals surface area contributed by atoms with Crippen molar-refractivity contribution < 1.29 is 9.90 Å². The standard InChI is InChI=1S/C22H22N4O2/c1-3-17(27)13-24-22(28)26-16-9-10-20-18(11-16)19(12-23)21(14(2)25-20)15-7-5-4-6-8-15/h4-11,17,27H,3,13H2,1-2H3,(H2,24,26,28). The minimum atomic E-state index is -0.576. The molecule has 1 atom stereocenters. The summed E-state index contributed by atoms with van der Waals surface area (Å²) in [6.45, 7) is 3.91. The van der Waals surface area contributed by atoms with Crippen molar-refractivity contribution >= 4 is 22.6 Å². The Bertz CT molecular complexity index is 1040. The molecule has 6 nitrogen and oxygen atoms in total. The minimum Gasteiger partial charge on any atom is -0.391 e. The summed E-state index contributed by atoms with van der Waals surface area (Å²) in [6.07, 6.45) is -0.0112. The maximum atomic E-state index is 12.1. The number of hydrogen-bond acceptors (Lipinski definition) is 4. The number of benzene rings is 2. The molecule has 0 aliphatic heterocycles. The van der Waals surface area contributed by atoms with Gasteiger partial charge in [0.1, 0.15) is 6.07 Å². The third-order valence-corrected chi connectivity index (χ3v) is 4.57. The van der Waals surface area contributed by atoms with E-state index in [-0.39, 0.29) is 6.54 Å². The number of nitrogens with one attached hydrogen (secondary N) is 2. The van der Waals surface area contributed by atoms with E-state index in [1.165, 1.54) is 0 Å². The van der Waals surface area contributed by atoms with Crippen LogP contribution in [0.15, 0.2) is 48.5 Å². The molecule has 0 aliphatic rings. The summed E-state index contributed by atoms with van der Waals surface area (Å²) in [6, 6.07) is 16.9. The molecule has 0 saturated carbocycles. The van der Waals surface area contributed by atoms with E-state index in [2.05, 4.69) is 21.7 Å². The molecule has 0 fully saturated rings. The van der Waals surface area contributed by atoms with Gasteiger partial charge < -0.3 is 15.7 Å². The Kier molecular flexibility index (Phi) is 5.87. The average molecular weight is 374 g/mol. The molecule has 0 radical (unpaired) electrons. The van der Waals surface area contributed by atoms with Crippen molar-refractivity contribution in [2.45, 2.75) is 26.4 Å². The summed E-state index contributed by atoms with van der Waals surface area (Å²) in [7, 11) is 0. The first-order valence-corrected chi connectivity index (χ1v) is 9.16. The van der Waals surface area contributed by atoms with Gasteiger partial charge in [0.2, 0.25) is 0 Å². The van der Waals surface area contributed by atoms with Crippen LogP contribution in [0.5, 0.6) is 0 Å². The maximum absolute atomic E-state index is 12.1. The largest absolute Gasteiger partial charge is 0.391 e. The van der Waals surface area contributed by atoms with Gasteiger partial charge in [-0.3, -0.25) is 4.98 Å². The summed E-state index contributed by atoms with van der Waals surface area (Å²) in [5.41, 5.74) is 4.28. The molecule has 3 N–H and O–H groups in total. The monoisotopic (exact) mass is 374 g/mol. The van der Waals surface area contributed by atoms with Crippen molar-refractivity contribution in [3.05, 3.63) is 59.8 Å². The lowest BCUT2D eigenvalue weighted by Crippen LogP contribution is -2.34. The van der Waals surface area contributed by atoms with Crippen LogP contribution in [-0.2, 0) is 0 Å². The van der Waals surface area contributed by atoms with E-state index in [0.29, 0.717) is 28.6 Å². The van der Waals surface area contributed by atoms with Crippen LogP contribution in [0.2, 0.25) is 0 Å². The van der Waals surface area contributed by atoms with E-state index < -0.39 is 12.1 Å². The fraction of sp³-hybridized carbons (Fsp3) is 0.227. The van der Waals surface area contributed by atoms with Gasteiger partial charge in [-0.1, -0.05) is 37.3 Å². The Morgan fingerprint density at radius 1 is 1.25 bits per heavy atom. The molecule has 0 saturated heterocycles. The number of aromatic nitrogens is 1. The van der Waals surface area contributed by atoms with Crippen molar-refractivity contribution in [3.8, 4) is 17.2 Å². The lowest BCUT2D eigenvalue weighted by atomic mass is 9.95. The van der Waals surface area contributed by atoms with Gasteiger partial charge in [-0.2, -0.15) is 5.26 Å². The molecular weight excluding hydrogens is 352 g/mol. The number of nitrogens with zero attached hydrogens (tertiary/aromatic N) is 2. The molecule has 3 rings (SSSR count). The van der Waals surface area contributed by atoms with Gasteiger partial charge in [-0.15, -0.1) is 0 Å². The third-order valence-electron chi connectivity index (χ3n) is 4.57. The number of urea groups is 1. The molecule has 2 amide bonds. The highest BCUT2D eigenvalue weighted by molar-refractivity contribution is 5.97. The second-order valence-corrected chi connectivity index (χ2v) is 6.55. The van der Waals surface area contributed by atoms with E-state index in [1.807, 2.05) is 44.2 Å². The normalized spacial score (nSPS) is 11.6. The number of nitriles is 1. The molecule has 0 spiro atoms. The van der Waals surface area contributed by atoms with Crippen LogP contribution in [0.4, 0.5) is 10.5 Å². The number of carbonyl (C=O) groups excluding carboxylic acids is 1. The molecule has 2 aromatic carbocycles. The Hall–Kier alpha value is -3.43. The molecule has 1 unspecified atom stereocenters. The van der Waals surface area contributed by atoms with Gasteiger partial charge in [0.25, 0.3) is 0 Å². The van der Waals surface area contributed by atoms with Crippen LogP contribution >= 0.6 is 0 Å². The van der Waals surface area contributed by atoms with Gasteiger partial charge in [0, 0.05) is 28.9 Å². The summed E-state index contributed by atoms with van der Waals surface area (Å²) in [5, 5.41) is 25.4. The number of rotatable bonds is 5. The van der Waals surface area contributed by atoms with Crippen molar-refractivity contribution in [3.63, 3.8) is 0 Å². The molecule has 3 aromatic rings. The molecule has 0 bridgehead atoms. The van der Waals surface area contributed by atoms with Crippen LogP contribution in [0, 0.1) is 18.3 Å². The number of aliphatic hydroxyl groups is 1. The quantitative estimate of drug-likeness (QED) is 0.629. The number of anilines is 1.